The average Bonchev–Trinajstić information content (AvgIpc) is 3.33. The molecule has 0 unspecified atom stereocenters. The van der Waals surface area contributed by atoms with Gasteiger partial charge in [0, 0.05) is 17.4 Å². The summed E-state index contributed by atoms with van der Waals surface area (Å²) in [5.41, 5.74) is 3.11. The number of nitrogens with zero attached hydrogens (tertiary/aromatic N) is 3. The summed E-state index contributed by atoms with van der Waals surface area (Å²) in [7, 11) is 0. The van der Waals surface area contributed by atoms with Crippen LogP contribution in [0, 0.1) is 0 Å². The maximum Gasteiger partial charge on any atom is 0.164 e. The van der Waals surface area contributed by atoms with Crippen molar-refractivity contribution in [3.63, 3.8) is 0 Å². The van der Waals surface area contributed by atoms with E-state index in [0.717, 1.165) is 22.2 Å². The van der Waals surface area contributed by atoms with Gasteiger partial charge in [-0.15, -0.1) is 0 Å². The number of ether oxygens (including phenoxy) is 1. The van der Waals surface area contributed by atoms with Crippen LogP contribution in [0.2, 0.25) is 0 Å². The number of halogens is 1. The van der Waals surface area contributed by atoms with E-state index in [1.54, 1.807) is 10.8 Å². The molecule has 31 heavy (non-hydrogen) atoms. The molecule has 3 N–H and O–H groups in total. The number of hydrogen-bond acceptors (Lipinski definition) is 6. The van der Waals surface area contributed by atoms with Crippen LogP contribution in [0.25, 0.3) is 22.2 Å². The van der Waals surface area contributed by atoms with E-state index in [1.807, 2.05) is 60.7 Å². The fourth-order valence-electron chi connectivity index (χ4n) is 3.95. The predicted molar refractivity (Wildman–Crippen MR) is 115 cm³/mol. The molecule has 8 heteroatoms. The van der Waals surface area contributed by atoms with E-state index in [2.05, 4.69) is 15.3 Å². The van der Waals surface area contributed by atoms with Gasteiger partial charge in [0.15, 0.2) is 6.23 Å². The lowest BCUT2D eigenvalue weighted by atomic mass is 10.1. The maximum atomic E-state index is 13.3. The highest BCUT2D eigenvalue weighted by atomic mass is 19.1. The Labute approximate surface area is 177 Å². The number of nitrogens with one attached hydrogen (secondary N) is 1. The molecule has 5 rings (SSSR count). The van der Waals surface area contributed by atoms with Crippen molar-refractivity contribution < 1.29 is 19.3 Å². The monoisotopic (exact) mass is 420 g/mol. The number of para-hydroxylation sites is 1. The number of fused-ring (bicyclic) bond motifs is 1. The van der Waals surface area contributed by atoms with E-state index < -0.39 is 31.2 Å². The highest BCUT2D eigenvalue weighted by Gasteiger charge is 2.44. The first-order valence-electron chi connectivity index (χ1n) is 9.98. The van der Waals surface area contributed by atoms with Gasteiger partial charge in [-0.25, -0.2) is 14.4 Å². The summed E-state index contributed by atoms with van der Waals surface area (Å²) in [6.45, 7) is -0.894. The Hall–Kier alpha value is -3.33. The molecule has 1 aliphatic rings. The molecule has 0 amide bonds. The van der Waals surface area contributed by atoms with E-state index >= 15 is 0 Å². The van der Waals surface area contributed by atoms with Crippen molar-refractivity contribution in [2.45, 2.75) is 24.5 Å². The zero-order valence-electron chi connectivity index (χ0n) is 16.5. The second kappa shape index (κ2) is 8.07. The molecule has 0 saturated carbocycles. The minimum atomic E-state index is -1.32. The molecule has 7 nitrogen and oxygen atoms in total. The van der Waals surface area contributed by atoms with Gasteiger partial charge in [0.2, 0.25) is 0 Å². The lowest BCUT2D eigenvalue weighted by molar-refractivity contribution is -0.0405. The number of aromatic nitrogens is 3. The smallest absolute Gasteiger partial charge is 0.164 e. The quantitative estimate of drug-likeness (QED) is 0.458. The van der Waals surface area contributed by atoms with E-state index in [9.17, 15) is 14.6 Å². The van der Waals surface area contributed by atoms with E-state index in [4.69, 9.17) is 4.74 Å². The van der Waals surface area contributed by atoms with Gasteiger partial charge in [-0.2, -0.15) is 0 Å². The van der Waals surface area contributed by atoms with Crippen LogP contribution in [0.1, 0.15) is 6.23 Å². The average molecular weight is 420 g/mol. The molecule has 2 aromatic heterocycles. The topological polar surface area (TPSA) is 92.4 Å². The molecule has 0 spiro atoms. The first kappa shape index (κ1) is 19.6. The number of aliphatic hydroxyl groups excluding tert-OH is 2. The molecule has 1 aliphatic heterocycles. The van der Waals surface area contributed by atoms with Crippen molar-refractivity contribution in [2.75, 3.05) is 12.0 Å². The first-order valence-corrected chi connectivity index (χ1v) is 9.98. The third-order valence-corrected chi connectivity index (χ3v) is 5.49. The largest absolute Gasteiger partial charge is 0.387 e. The van der Waals surface area contributed by atoms with Gasteiger partial charge in [0.1, 0.15) is 42.8 Å². The third kappa shape index (κ3) is 3.44. The Morgan fingerprint density at radius 2 is 1.68 bits per heavy atom. The molecule has 0 radical (unpaired) electrons. The number of rotatable bonds is 5. The lowest BCUT2D eigenvalue weighted by Gasteiger charge is -2.17. The van der Waals surface area contributed by atoms with E-state index in [1.165, 1.54) is 6.33 Å². The Morgan fingerprint density at radius 1 is 0.968 bits per heavy atom. The second-order valence-corrected chi connectivity index (χ2v) is 7.43. The zero-order chi connectivity index (χ0) is 21.4. The second-order valence-electron chi connectivity index (χ2n) is 7.43. The number of aliphatic hydroxyl groups is 2. The molecular formula is C23H21FN4O3. The lowest BCUT2D eigenvalue weighted by Crippen LogP contribution is -2.32. The van der Waals surface area contributed by atoms with Crippen LogP contribution in [-0.2, 0) is 4.74 Å². The normalized spacial score (nSPS) is 23.3. The Bertz CT molecular complexity index is 1190. The minimum Gasteiger partial charge on any atom is -0.387 e. The van der Waals surface area contributed by atoms with Crippen molar-refractivity contribution in [3.05, 3.63) is 73.2 Å². The van der Waals surface area contributed by atoms with Crippen molar-refractivity contribution in [1.82, 2.24) is 14.5 Å². The molecule has 0 aliphatic carbocycles. The van der Waals surface area contributed by atoms with Crippen molar-refractivity contribution >= 4 is 22.5 Å². The summed E-state index contributed by atoms with van der Waals surface area (Å²) in [4.78, 5) is 8.88. The molecule has 0 bridgehead atoms. The van der Waals surface area contributed by atoms with Gasteiger partial charge in [-0.3, -0.25) is 0 Å². The fraction of sp³-hybridized carbons (Fsp3) is 0.217. The number of anilines is 2. The molecular weight excluding hydrogens is 399 g/mol. The van der Waals surface area contributed by atoms with Crippen molar-refractivity contribution in [3.8, 4) is 11.1 Å². The number of benzene rings is 2. The Balaban J connectivity index is 1.69. The van der Waals surface area contributed by atoms with Gasteiger partial charge >= 0.3 is 0 Å². The van der Waals surface area contributed by atoms with Crippen molar-refractivity contribution in [1.29, 1.82) is 0 Å². The van der Waals surface area contributed by atoms with Crippen LogP contribution < -0.4 is 5.32 Å². The van der Waals surface area contributed by atoms with Gasteiger partial charge in [-0.1, -0.05) is 48.5 Å². The summed E-state index contributed by atoms with van der Waals surface area (Å²) in [5, 5.41) is 24.7. The Morgan fingerprint density at radius 3 is 2.35 bits per heavy atom. The van der Waals surface area contributed by atoms with Gasteiger partial charge in [-0.05, 0) is 17.7 Å². The summed E-state index contributed by atoms with van der Waals surface area (Å²) < 4.78 is 20.5. The summed E-state index contributed by atoms with van der Waals surface area (Å²) in [6, 6.07) is 19.3. The van der Waals surface area contributed by atoms with Crippen molar-refractivity contribution in [2.24, 2.45) is 0 Å². The highest BCUT2D eigenvalue weighted by Crippen LogP contribution is 2.39. The molecule has 4 atom stereocenters. The van der Waals surface area contributed by atoms with Gasteiger partial charge in [0.25, 0.3) is 0 Å². The fourth-order valence-corrected chi connectivity index (χ4v) is 3.95. The molecule has 1 fully saturated rings. The molecule has 158 valence electrons. The molecule has 4 aromatic rings. The van der Waals surface area contributed by atoms with Gasteiger partial charge < -0.3 is 24.8 Å². The van der Waals surface area contributed by atoms with Crippen LogP contribution in [0.15, 0.2) is 73.2 Å². The highest BCUT2D eigenvalue weighted by molar-refractivity contribution is 6.02. The van der Waals surface area contributed by atoms with E-state index in [-0.39, 0.29) is 0 Å². The van der Waals surface area contributed by atoms with Crippen LogP contribution >= 0.6 is 0 Å². The SMILES string of the molecule is O[C@@H]1[C@H](O)[C@@H](CF)O[C@H]1n1cc(-c2ccccc2)c2c(Nc3ccccc3)ncnc21. The van der Waals surface area contributed by atoms with Crippen LogP contribution in [0.3, 0.4) is 0 Å². The molecule has 2 aromatic carbocycles. The molecule has 1 saturated heterocycles. The van der Waals surface area contributed by atoms with Crippen LogP contribution in [0.4, 0.5) is 15.9 Å². The third-order valence-electron chi connectivity index (χ3n) is 5.49. The van der Waals surface area contributed by atoms with Crippen LogP contribution in [0.5, 0.6) is 0 Å². The standard InChI is InChI=1S/C23H21FN4O3/c24-11-17-19(29)20(30)23(31-17)28-12-16(14-7-3-1-4-8-14)18-21(25-13-26-22(18)28)27-15-9-5-2-6-10-15/h1-10,12-13,17,19-20,23,29-30H,11H2,(H,25,26,27)/t17-,19-,20-,23-/m1/s1. The number of hydrogen-bond donors (Lipinski definition) is 3. The minimum absolute atomic E-state index is 0.503. The predicted octanol–water partition coefficient (Wildman–Crippen LogP) is 3.43. The Kier molecular flexibility index (Phi) is 5.11. The van der Waals surface area contributed by atoms with Gasteiger partial charge in [0.05, 0.1) is 5.39 Å². The van der Waals surface area contributed by atoms with Crippen LogP contribution in [-0.4, -0.2) is 49.7 Å². The zero-order valence-corrected chi connectivity index (χ0v) is 16.5. The number of alkyl halides is 1. The first-order chi connectivity index (χ1) is 15.2. The summed E-state index contributed by atoms with van der Waals surface area (Å²) >= 11 is 0. The maximum absolute atomic E-state index is 13.3. The summed E-state index contributed by atoms with van der Waals surface area (Å²) in [5.74, 6) is 0.587. The summed E-state index contributed by atoms with van der Waals surface area (Å²) in [6.07, 6.45) is -1.47. The van der Waals surface area contributed by atoms with E-state index in [0.29, 0.717) is 11.5 Å². The molecule has 3 heterocycles.